The first-order valence-electron chi connectivity index (χ1n) is 9.55. The minimum Gasteiger partial charge on any atom is -0.318 e. The molecule has 0 aromatic carbocycles. The Morgan fingerprint density at radius 2 is 2.03 bits per heavy atom. The molecule has 0 amide bonds. The molecule has 3 aromatic heterocycles. The number of piperidine rings is 1. The van der Waals surface area contributed by atoms with E-state index in [1.165, 1.54) is 6.20 Å². The van der Waals surface area contributed by atoms with Gasteiger partial charge in [0.2, 0.25) is 0 Å². The lowest BCUT2D eigenvalue weighted by molar-refractivity contribution is 0.318. The molecule has 29 heavy (non-hydrogen) atoms. The summed E-state index contributed by atoms with van der Waals surface area (Å²) in [5, 5.41) is 0.203. The van der Waals surface area contributed by atoms with Crippen molar-refractivity contribution < 1.29 is 8.42 Å². The van der Waals surface area contributed by atoms with Gasteiger partial charge in [0.1, 0.15) is 5.65 Å². The van der Waals surface area contributed by atoms with Crippen molar-refractivity contribution in [1.29, 1.82) is 0 Å². The molecule has 2 unspecified atom stereocenters. The summed E-state index contributed by atoms with van der Waals surface area (Å²) in [4.78, 5) is 16.3. The monoisotopic (exact) mass is 430 g/mol. The van der Waals surface area contributed by atoms with Crippen molar-refractivity contribution in [2.75, 3.05) is 6.54 Å². The van der Waals surface area contributed by atoms with Gasteiger partial charge >= 0.3 is 0 Å². The summed E-state index contributed by atoms with van der Waals surface area (Å²) in [7, 11) is -1.94. The van der Waals surface area contributed by atoms with Gasteiger partial charge in [0, 0.05) is 36.3 Å². The van der Waals surface area contributed by atoms with E-state index in [2.05, 4.69) is 11.9 Å². The van der Waals surface area contributed by atoms with Crippen LogP contribution in [0.25, 0.3) is 16.8 Å². The third-order valence-corrected chi connectivity index (χ3v) is 9.58. The fourth-order valence-electron chi connectivity index (χ4n) is 4.19. The molecule has 5 heterocycles. The van der Waals surface area contributed by atoms with Gasteiger partial charge in [0.25, 0.3) is 15.6 Å². The van der Waals surface area contributed by atoms with Gasteiger partial charge in [-0.15, -0.1) is 11.8 Å². The summed E-state index contributed by atoms with van der Waals surface area (Å²) in [5.41, 5.74) is 2.86. The Morgan fingerprint density at radius 1 is 1.24 bits per heavy atom. The van der Waals surface area contributed by atoms with Crippen LogP contribution in [0.5, 0.6) is 0 Å². The first-order chi connectivity index (χ1) is 13.7. The summed E-state index contributed by atoms with van der Waals surface area (Å²) >= 11 is 1.73. The number of nitrogens with zero attached hydrogens (tertiary/aromatic N) is 4. The number of sulfonamides is 1. The lowest BCUT2D eigenvalue weighted by Crippen LogP contribution is -2.41. The molecule has 5 rings (SSSR count). The van der Waals surface area contributed by atoms with Crippen LogP contribution in [0.1, 0.15) is 25.3 Å². The summed E-state index contributed by atoms with van der Waals surface area (Å²) in [5.74, 6) is 0. The van der Waals surface area contributed by atoms with Gasteiger partial charge < -0.3 is 4.57 Å². The van der Waals surface area contributed by atoms with E-state index in [1.807, 2.05) is 12.1 Å². The number of hydrogen-bond donors (Lipinski definition) is 0. The SMILES string of the molecule is Cc1cc(-c2ccc3ncc(S(=O)(=O)N4CCCC5(C)SC45)n3c2)cn(C)c1=O. The van der Waals surface area contributed by atoms with E-state index in [1.54, 1.807) is 57.5 Å². The standard InChI is InChI=1S/C20H22N4O3S2/c1-13-9-15(11-22(3)18(13)25)14-5-6-16-21-10-17(23(16)12-14)29(26,27)24-8-4-7-20(2)19(24)28-20/h5-6,9-12,19H,4,7-8H2,1-3H3. The molecule has 152 valence electrons. The van der Waals surface area contributed by atoms with E-state index in [4.69, 9.17) is 0 Å². The van der Waals surface area contributed by atoms with E-state index < -0.39 is 10.0 Å². The summed E-state index contributed by atoms with van der Waals surface area (Å²) in [6, 6.07) is 5.53. The minimum atomic E-state index is -3.66. The number of thioether (sulfide) groups is 1. The number of hydrogen-bond acceptors (Lipinski definition) is 5. The molecule has 0 bridgehead atoms. The largest absolute Gasteiger partial charge is 0.318 e. The number of aryl methyl sites for hydroxylation is 2. The molecule has 0 N–H and O–H groups in total. The highest BCUT2D eigenvalue weighted by atomic mass is 32.2. The molecule has 9 heteroatoms. The molecule has 0 saturated carbocycles. The highest BCUT2D eigenvalue weighted by Gasteiger charge is 2.59. The lowest BCUT2D eigenvalue weighted by atomic mass is 10.0. The zero-order chi connectivity index (χ0) is 20.6. The van der Waals surface area contributed by atoms with Gasteiger partial charge in [-0.2, -0.15) is 4.31 Å². The molecule has 7 nitrogen and oxygen atoms in total. The number of fused-ring (bicyclic) bond motifs is 2. The van der Waals surface area contributed by atoms with Gasteiger partial charge in [0.15, 0.2) is 5.03 Å². The quantitative estimate of drug-likeness (QED) is 0.597. The Hall–Kier alpha value is -2.10. The van der Waals surface area contributed by atoms with E-state index in [-0.39, 0.29) is 20.7 Å². The predicted octanol–water partition coefficient (Wildman–Crippen LogP) is 2.62. The summed E-state index contributed by atoms with van der Waals surface area (Å²) < 4.78 is 31.8. The van der Waals surface area contributed by atoms with E-state index >= 15 is 0 Å². The van der Waals surface area contributed by atoms with Crippen molar-refractivity contribution >= 4 is 27.4 Å². The first-order valence-corrected chi connectivity index (χ1v) is 11.9. The molecule has 2 aliphatic heterocycles. The lowest BCUT2D eigenvalue weighted by Gasteiger charge is -2.27. The fourth-order valence-corrected chi connectivity index (χ4v) is 7.57. The Morgan fingerprint density at radius 3 is 2.79 bits per heavy atom. The number of pyridine rings is 2. The van der Waals surface area contributed by atoms with Crippen LogP contribution in [0.4, 0.5) is 0 Å². The predicted molar refractivity (Wildman–Crippen MR) is 114 cm³/mol. The van der Waals surface area contributed by atoms with Crippen LogP contribution < -0.4 is 5.56 Å². The highest BCUT2D eigenvalue weighted by Crippen LogP contribution is 2.61. The fraction of sp³-hybridized carbons (Fsp3) is 0.400. The molecule has 0 spiro atoms. The van der Waals surface area contributed by atoms with Crippen molar-refractivity contribution in [2.45, 2.75) is 41.8 Å². The van der Waals surface area contributed by atoms with E-state index in [9.17, 15) is 13.2 Å². The van der Waals surface area contributed by atoms with Crippen molar-refractivity contribution in [3.05, 3.63) is 52.7 Å². The average Bonchev–Trinajstić information content (AvgIpc) is 3.19. The van der Waals surface area contributed by atoms with Crippen LogP contribution in [-0.4, -0.2) is 43.3 Å². The molecule has 2 fully saturated rings. The van der Waals surface area contributed by atoms with Crippen molar-refractivity contribution in [2.24, 2.45) is 7.05 Å². The Balaban J connectivity index is 1.61. The zero-order valence-corrected chi connectivity index (χ0v) is 18.1. The van der Waals surface area contributed by atoms with Gasteiger partial charge in [0.05, 0.1) is 11.6 Å². The Labute approximate surface area is 173 Å². The maximum atomic E-state index is 13.4. The number of imidazole rings is 1. The third kappa shape index (κ3) is 2.86. The van der Waals surface area contributed by atoms with Gasteiger partial charge in [-0.1, -0.05) is 0 Å². The molecular formula is C20H22N4O3S2. The van der Waals surface area contributed by atoms with Crippen molar-refractivity contribution in [3.63, 3.8) is 0 Å². The third-order valence-electron chi connectivity index (χ3n) is 5.90. The average molecular weight is 431 g/mol. The second-order valence-corrected chi connectivity index (χ2v) is 11.5. The minimum absolute atomic E-state index is 0.0151. The zero-order valence-electron chi connectivity index (χ0n) is 16.5. The molecule has 3 aromatic rings. The maximum absolute atomic E-state index is 13.4. The highest BCUT2D eigenvalue weighted by molar-refractivity contribution is 8.09. The normalized spacial score (nSPS) is 24.6. The van der Waals surface area contributed by atoms with Crippen LogP contribution >= 0.6 is 11.8 Å². The molecule has 0 radical (unpaired) electrons. The Bertz CT molecular complexity index is 1280. The molecule has 2 saturated heterocycles. The second kappa shape index (κ2) is 6.20. The van der Waals surface area contributed by atoms with Gasteiger partial charge in [-0.3, -0.25) is 9.20 Å². The molecule has 0 aliphatic carbocycles. The van der Waals surface area contributed by atoms with Crippen LogP contribution in [0, 0.1) is 6.92 Å². The first kappa shape index (κ1) is 18.9. The molecular weight excluding hydrogens is 408 g/mol. The van der Waals surface area contributed by atoms with Crippen molar-refractivity contribution in [3.8, 4) is 11.1 Å². The van der Waals surface area contributed by atoms with Crippen molar-refractivity contribution in [1.82, 2.24) is 18.3 Å². The summed E-state index contributed by atoms with van der Waals surface area (Å²) in [6.07, 6.45) is 6.92. The van der Waals surface area contributed by atoms with Crippen LogP contribution in [0.2, 0.25) is 0 Å². The second-order valence-electron chi connectivity index (χ2n) is 8.07. The Kier molecular flexibility index (Phi) is 4.04. The van der Waals surface area contributed by atoms with E-state index in [0.29, 0.717) is 17.8 Å². The molecule has 2 atom stereocenters. The van der Waals surface area contributed by atoms with E-state index in [0.717, 1.165) is 24.0 Å². The summed E-state index contributed by atoms with van der Waals surface area (Å²) in [6.45, 7) is 4.46. The van der Waals surface area contributed by atoms with Crippen LogP contribution in [-0.2, 0) is 17.1 Å². The van der Waals surface area contributed by atoms with Gasteiger partial charge in [-0.05, 0) is 56.0 Å². The smallest absolute Gasteiger partial charge is 0.261 e. The topological polar surface area (TPSA) is 76.7 Å². The van der Waals surface area contributed by atoms with Gasteiger partial charge in [-0.25, -0.2) is 13.4 Å². The number of rotatable bonds is 3. The van der Waals surface area contributed by atoms with Crippen LogP contribution in [0.15, 0.2) is 46.6 Å². The molecule has 2 aliphatic rings. The number of aromatic nitrogens is 3. The maximum Gasteiger partial charge on any atom is 0.261 e. The van der Waals surface area contributed by atoms with Crippen LogP contribution in [0.3, 0.4) is 0 Å².